The van der Waals surface area contributed by atoms with E-state index in [9.17, 15) is 0 Å². The maximum absolute atomic E-state index is 8.65. The number of amidine groups is 1. The van der Waals surface area contributed by atoms with Crippen molar-refractivity contribution in [3.63, 3.8) is 0 Å². The van der Waals surface area contributed by atoms with Crippen LogP contribution in [0.4, 0.5) is 0 Å². The Kier molecular flexibility index (Phi) is 5.31. The minimum Gasteiger partial charge on any atom is -0.409 e. The highest BCUT2D eigenvalue weighted by Gasteiger charge is 2.22. The van der Waals surface area contributed by atoms with Crippen LogP contribution >= 0.6 is 0 Å². The lowest BCUT2D eigenvalue weighted by molar-refractivity contribution is -0.0363. The van der Waals surface area contributed by atoms with Gasteiger partial charge in [-0.1, -0.05) is 5.16 Å². The number of aromatic nitrogens is 1. The largest absolute Gasteiger partial charge is 0.409 e. The molecule has 0 spiro atoms. The highest BCUT2D eigenvalue weighted by molar-refractivity contribution is 5.95. The van der Waals surface area contributed by atoms with Gasteiger partial charge in [0.1, 0.15) is 5.69 Å². The van der Waals surface area contributed by atoms with Gasteiger partial charge in [0.05, 0.1) is 18.8 Å². The number of methoxy groups -OCH3 is 1. The predicted molar refractivity (Wildman–Crippen MR) is 74.6 cm³/mol. The summed E-state index contributed by atoms with van der Waals surface area (Å²) in [6.07, 6.45) is 6.42. The molecule has 3 N–H and O–H groups in total. The maximum Gasteiger partial charge on any atom is 0.188 e. The van der Waals surface area contributed by atoms with Crippen molar-refractivity contribution in [2.75, 3.05) is 7.11 Å². The minimum absolute atomic E-state index is 0.00367. The molecule has 2 rings (SSSR count). The fraction of sp³-hybridized carbons (Fsp3) is 0.571. The van der Waals surface area contributed by atoms with Gasteiger partial charge in [-0.25, -0.2) is 0 Å². The van der Waals surface area contributed by atoms with Crippen molar-refractivity contribution < 1.29 is 14.7 Å². The second kappa shape index (κ2) is 7.21. The van der Waals surface area contributed by atoms with Gasteiger partial charge in [-0.2, -0.15) is 0 Å². The van der Waals surface area contributed by atoms with Crippen molar-refractivity contribution in [2.24, 2.45) is 10.9 Å². The van der Waals surface area contributed by atoms with Crippen molar-refractivity contribution in [1.29, 1.82) is 0 Å². The normalized spacial score (nSPS) is 23.8. The summed E-state index contributed by atoms with van der Waals surface area (Å²) in [4.78, 5) is 4.04. The first kappa shape index (κ1) is 14.7. The maximum atomic E-state index is 8.65. The fourth-order valence-corrected chi connectivity index (χ4v) is 2.44. The molecule has 2 atom stereocenters. The Morgan fingerprint density at radius 2 is 2.30 bits per heavy atom. The Balaban J connectivity index is 1.90. The van der Waals surface area contributed by atoms with E-state index in [4.69, 9.17) is 20.4 Å². The van der Waals surface area contributed by atoms with Gasteiger partial charge in [0.2, 0.25) is 0 Å². The van der Waals surface area contributed by atoms with Gasteiger partial charge in [-0.05, 0) is 43.4 Å². The van der Waals surface area contributed by atoms with Crippen LogP contribution < -0.4 is 5.73 Å². The molecule has 0 radical (unpaired) electrons. The average molecular weight is 279 g/mol. The van der Waals surface area contributed by atoms with Crippen LogP contribution in [0, 0.1) is 0 Å². The molecule has 1 fully saturated rings. The van der Waals surface area contributed by atoms with Gasteiger partial charge in [0.25, 0.3) is 0 Å². The third kappa shape index (κ3) is 3.91. The topological polar surface area (TPSA) is 90.0 Å². The Hall–Kier alpha value is -1.66. The quantitative estimate of drug-likeness (QED) is 0.370. The third-order valence-electron chi connectivity index (χ3n) is 3.59. The summed E-state index contributed by atoms with van der Waals surface area (Å²) in [5.41, 5.74) is 6.93. The van der Waals surface area contributed by atoms with Gasteiger partial charge in [0.15, 0.2) is 5.84 Å². The molecule has 1 saturated carbocycles. The zero-order valence-corrected chi connectivity index (χ0v) is 11.7. The number of ether oxygens (including phenoxy) is 2. The van der Waals surface area contributed by atoms with Gasteiger partial charge in [0, 0.05) is 13.3 Å². The molecule has 6 heteroatoms. The summed E-state index contributed by atoms with van der Waals surface area (Å²) in [5.74, 6) is 0.00367. The van der Waals surface area contributed by atoms with Gasteiger partial charge in [-0.3, -0.25) is 4.98 Å². The number of hydrogen-bond acceptors (Lipinski definition) is 5. The van der Waals surface area contributed by atoms with Crippen molar-refractivity contribution in [2.45, 2.75) is 44.5 Å². The molecule has 2 unspecified atom stereocenters. The third-order valence-corrected chi connectivity index (χ3v) is 3.59. The van der Waals surface area contributed by atoms with Crippen molar-refractivity contribution >= 4 is 5.84 Å². The number of oxime groups is 1. The second-order valence-corrected chi connectivity index (χ2v) is 4.99. The van der Waals surface area contributed by atoms with Crippen LogP contribution in [0.5, 0.6) is 0 Å². The van der Waals surface area contributed by atoms with Crippen LogP contribution in [-0.4, -0.2) is 35.3 Å². The summed E-state index contributed by atoms with van der Waals surface area (Å²) in [5, 5.41) is 11.6. The van der Waals surface area contributed by atoms with Gasteiger partial charge >= 0.3 is 0 Å². The molecule has 0 bridgehead atoms. The molecular formula is C14H21N3O3. The highest BCUT2D eigenvalue weighted by Crippen LogP contribution is 2.23. The molecule has 20 heavy (non-hydrogen) atoms. The Labute approximate surface area is 118 Å². The lowest BCUT2D eigenvalue weighted by Gasteiger charge is -2.28. The van der Waals surface area contributed by atoms with Crippen LogP contribution in [0.25, 0.3) is 0 Å². The van der Waals surface area contributed by atoms with E-state index in [-0.39, 0.29) is 11.9 Å². The highest BCUT2D eigenvalue weighted by atomic mass is 16.5. The number of rotatable bonds is 5. The fourth-order valence-electron chi connectivity index (χ4n) is 2.44. The summed E-state index contributed by atoms with van der Waals surface area (Å²) < 4.78 is 11.3. The first-order valence-electron chi connectivity index (χ1n) is 6.80. The molecule has 1 aliphatic rings. The Morgan fingerprint density at radius 3 is 3.05 bits per heavy atom. The van der Waals surface area contributed by atoms with Crippen molar-refractivity contribution in [3.8, 4) is 0 Å². The molecule has 0 aromatic carbocycles. The molecule has 1 heterocycles. The van der Waals surface area contributed by atoms with E-state index in [0.717, 1.165) is 31.2 Å². The second-order valence-electron chi connectivity index (χ2n) is 4.99. The predicted octanol–water partition coefficient (Wildman–Crippen LogP) is 1.65. The lowest BCUT2D eigenvalue weighted by Crippen LogP contribution is -2.27. The van der Waals surface area contributed by atoms with Crippen molar-refractivity contribution in [3.05, 3.63) is 29.6 Å². The van der Waals surface area contributed by atoms with Crippen LogP contribution in [-0.2, 0) is 16.1 Å². The summed E-state index contributed by atoms with van der Waals surface area (Å²) >= 11 is 0. The average Bonchev–Trinajstić information content (AvgIpc) is 2.52. The SMILES string of the molecule is COC1CCCC(OCc2ccnc(C(N)=NO)c2)C1. The molecular weight excluding hydrogens is 258 g/mol. The van der Waals surface area contributed by atoms with Crippen LogP contribution in [0.2, 0.25) is 0 Å². The monoisotopic (exact) mass is 279 g/mol. The van der Waals surface area contributed by atoms with Crippen LogP contribution in [0.15, 0.2) is 23.5 Å². The first-order valence-corrected chi connectivity index (χ1v) is 6.80. The van der Waals surface area contributed by atoms with Crippen LogP contribution in [0.3, 0.4) is 0 Å². The zero-order chi connectivity index (χ0) is 14.4. The smallest absolute Gasteiger partial charge is 0.188 e. The van der Waals surface area contributed by atoms with E-state index < -0.39 is 0 Å². The number of pyridine rings is 1. The van der Waals surface area contributed by atoms with Gasteiger partial charge in [-0.15, -0.1) is 0 Å². The lowest BCUT2D eigenvalue weighted by atomic mass is 9.95. The first-order chi connectivity index (χ1) is 9.72. The van der Waals surface area contributed by atoms with Crippen LogP contribution in [0.1, 0.15) is 36.9 Å². The number of hydrogen-bond donors (Lipinski definition) is 2. The van der Waals surface area contributed by atoms with E-state index in [1.54, 1.807) is 19.4 Å². The van der Waals surface area contributed by atoms with E-state index >= 15 is 0 Å². The molecule has 110 valence electrons. The van der Waals surface area contributed by atoms with E-state index in [1.807, 2.05) is 6.07 Å². The molecule has 0 saturated heterocycles. The molecule has 0 amide bonds. The minimum atomic E-state index is 0.00367. The Bertz CT molecular complexity index is 465. The molecule has 1 aromatic rings. The van der Waals surface area contributed by atoms with E-state index in [1.165, 1.54) is 0 Å². The zero-order valence-electron chi connectivity index (χ0n) is 11.7. The number of nitrogens with two attached hydrogens (primary N) is 1. The molecule has 0 aliphatic heterocycles. The Morgan fingerprint density at radius 1 is 1.50 bits per heavy atom. The van der Waals surface area contributed by atoms with Gasteiger partial charge < -0.3 is 20.4 Å². The molecule has 6 nitrogen and oxygen atoms in total. The molecule has 1 aliphatic carbocycles. The summed E-state index contributed by atoms with van der Waals surface area (Å²) in [6.45, 7) is 0.495. The number of nitrogens with zero attached hydrogens (tertiary/aromatic N) is 2. The van der Waals surface area contributed by atoms with Crippen molar-refractivity contribution in [1.82, 2.24) is 4.98 Å². The van der Waals surface area contributed by atoms with E-state index in [0.29, 0.717) is 18.4 Å². The summed E-state index contributed by atoms with van der Waals surface area (Å²) in [7, 11) is 1.75. The molecule has 1 aromatic heterocycles. The van der Waals surface area contributed by atoms with E-state index in [2.05, 4.69) is 10.1 Å². The summed E-state index contributed by atoms with van der Waals surface area (Å²) in [6, 6.07) is 3.64. The standard InChI is InChI=1S/C14H21N3O3/c1-19-11-3-2-4-12(8-11)20-9-10-5-6-16-13(7-10)14(15)17-18/h5-7,11-12,18H,2-4,8-9H2,1H3,(H2,15,17).